The van der Waals surface area contributed by atoms with E-state index in [0.717, 1.165) is 5.56 Å². The number of methoxy groups -OCH3 is 1. The van der Waals surface area contributed by atoms with Crippen LogP contribution in [0, 0.1) is 5.82 Å². The summed E-state index contributed by atoms with van der Waals surface area (Å²) < 4.78 is 18.4. The first-order valence-corrected chi connectivity index (χ1v) is 6.39. The maximum absolute atomic E-state index is 13.1. The fourth-order valence-corrected chi connectivity index (χ4v) is 2.58. The smallest absolute Gasteiger partial charge is 0.234 e. The van der Waals surface area contributed by atoms with Crippen molar-refractivity contribution in [2.75, 3.05) is 13.7 Å². The lowest BCUT2D eigenvalue weighted by molar-refractivity contribution is -0.122. The van der Waals surface area contributed by atoms with Gasteiger partial charge in [-0.25, -0.2) is 4.39 Å². The van der Waals surface area contributed by atoms with Gasteiger partial charge in [0.05, 0.1) is 17.2 Å². The van der Waals surface area contributed by atoms with Gasteiger partial charge in [0.25, 0.3) is 0 Å². The van der Waals surface area contributed by atoms with Crippen LogP contribution in [0.2, 0.25) is 5.02 Å². The Morgan fingerprint density at radius 3 is 2.95 bits per heavy atom. The summed E-state index contributed by atoms with van der Waals surface area (Å²) in [5, 5.41) is 0.0793. The molecule has 4 nitrogen and oxygen atoms in total. The van der Waals surface area contributed by atoms with Gasteiger partial charge in [0.2, 0.25) is 5.91 Å². The van der Waals surface area contributed by atoms with Crippen molar-refractivity contribution in [1.29, 1.82) is 0 Å². The second-order valence-corrected chi connectivity index (χ2v) is 5.10. The maximum atomic E-state index is 13.1. The van der Waals surface area contributed by atoms with Crippen LogP contribution >= 0.6 is 11.6 Å². The van der Waals surface area contributed by atoms with Gasteiger partial charge in [-0.2, -0.15) is 0 Å². The summed E-state index contributed by atoms with van der Waals surface area (Å²) in [6, 6.07) is 4.18. The second kappa shape index (κ2) is 5.86. The number of halogens is 2. The molecule has 104 valence electrons. The Kier molecular flexibility index (Phi) is 4.39. The number of nitrogens with zero attached hydrogens (tertiary/aromatic N) is 1. The number of benzene rings is 1. The molecule has 6 heteroatoms. The first kappa shape index (κ1) is 14.2. The number of carbonyl (C=O) groups excluding carboxylic acids is 1. The molecule has 1 aliphatic rings. The van der Waals surface area contributed by atoms with Gasteiger partial charge < -0.3 is 10.5 Å². The average Bonchev–Trinajstić information content (AvgIpc) is 2.77. The fourth-order valence-electron chi connectivity index (χ4n) is 2.38. The van der Waals surface area contributed by atoms with Crippen molar-refractivity contribution in [3.05, 3.63) is 34.6 Å². The van der Waals surface area contributed by atoms with Crippen molar-refractivity contribution < 1.29 is 13.9 Å². The van der Waals surface area contributed by atoms with Crippen LogP contribution in [0.15, 0.2) is 18.2 Å². The van der Waals surface area contributed by atoms with Gasteiger partial charge in [0.1, 0.15) is 5.82 Å². The van der Waals surface area contributed by atoms with Gasteiger partial charge in [0.15, 0.2) is 0 Å². The molecule has 0 aromatic heterocycles. The van der Waals surface area contributed by atoms with E-state index in [0.29, 0.717) is 19.5 Å². The van der Waals surface area contributed by atoms with Crippen molar-refractivity contribution in [2.24, 2.45) is 5.73 Å². The number of ether oxygens (including phenoxy) is 1. The zero-order valence-corrected chi connectivity index (χ0v) is 11.4. The van der Waals surface area contributed by atoms with Crippen LogP contribution in [0.4, 0.5) is 4.39 Å². The Balaban J connectivity index is 2.12. The number of hydrogen-bond acceptors (Lipinski definition) is 3. The van der Waals surface area contributed by atoms with Gasteiger partial charge in [0, 0.05) is 20.2 Å². The summed E-state index contributed by atoms with van der Waals surface area (Å²) in [5.74, 6) is -0.819. The summed E-state index contributed by atoms with van der Waals surface area (Å²) in [4.78, 5) is 13.4. The lowest BCUT2D eigenvalue weighted by Crippen LogP contribution is -2.39. The highest BCUT2D eigenvalue weighted by molar-refractivity contribution is 6.30. The third-order valence-electron chi connectivity index (χ3n) is 3.40. The predicted octanol–water partition coefficient (Wildman–Crippen LogP) is 1.55. The van der Waals surface area contributed by atoms with E-state index < -0.39 is 5.82 Å². The molecule has 2 rings (SSSR count). The van der Waals surface area contributed by atoms with E-state index in [2.05, 4.69) is 0 Å². The van der Waals surface area contributed by atoms with Gasteiger partial charge in [-0.1, -0.05) is 17.7 Å². The SMILES string of the molecule is CO[C@H]1C[C@@H](C(N)=O)N(Cc2ccc(F)c(Cl)c2)C1. The minimum absolute atomic E-state index is 0.00609. The Hall–Kier alpha value is -1.17. The van der Waals surface area contributed by atoms with Crippen molar-refractivity contribution in [3.63, 3.8) is 0 Å². The van der Waals surface area contributed by atoms with Crippen LogP contribution < -0.4 is 5.73 Å². The Bertz CT molecular complexity index is 484. The molecule has 0 radical (unpaired) electrons. The highest BCUT2D eigenvalue weighted by Gasteiger charge is 2.35. The lowest BCUT2D eigenvalue weighted by atomic mass is 10.1. The molecule has 0 saturated carbocycles. The number of carbonyl (C=O) groups is 1. The van der Waals surface area contributed by atoms with E-state index in [1.54, 1.807) is 19.2 Å². The molecule has 2 N–H and O–H groups in total. The molecule has 0 bridgehead atoms. The largest absolute Gasteiger partial charge is 0.380 e. The molecule has 0 spiro atoms. The zero-order valence-electron chi connectivity index (χ0n) is 10.6. The summed E-state index contributed by atoms with van der Waals surface area (Å²) in [6.07, 6.45) is 0.578. The van der Waals surface area contributed by atoms with E-state index in [1.165, 1.54) is 6.07 Å². The molecule has 1 saturated heterocycles. The quantitative estimate of drug-likeness (QED) is 0.914. The number of likely N-dealkylation sites (tertiary alicyclic amines) is 1. The van der Waals surface area contributed by atoms with E-state index in [1.807, 2.05) is 4.90 Å². The van der Waals surface area contributed by atoms with Crippen LogP contribution in [-0.4, -0.2) is 36.6 Å². The van der Waals surface area contributed by atoms with Crippen LogP contribution in [0.3, 0.4) is 0 Å². The number of primary amides is 1. The molecule has 19 heavy (non-hydrogen) atoms. The first-order valence-electron chi connectivity index (χ1n) is 6.01. The molecule has 1 aromatic rings. The molecule has 0 unspecified atom stereocenters. The Morgan fingerprint density at radius 2 is 2.37 bits per heavy atom. The Labute approximate surface area is 116 Å². The molecule has 2 atom stereocenters. The summed E-state index contributed by atoms with van der Waals surface area (Å²) in [6.45, 7) is 1.12. The summed E-state index contributed by atoms with van der Waals surface area (Å²) in [5.41, 5.74) is 6.23. The van der Waals surface area contributed by atoms with E-state index in [4.69, 9.17) is 22.1 Å². The van der Waals surface area contributed by atoms with Crippen LogP contribution in [0.25, 0.3) is 0 Å². The molecule has 1 fully saturated rings. The van der Waals surface area contributed by atoms with Gasteiger partial charge in [-0.15, -0.1) is 0 Å². The molecule has 1 aliphatic heterocycles. The standard InChI is InChI=1S/C13H16ClFN2O2/c1-19-9-5-12(13(16)18)17(7-9)6-8-2-3-11(15)10(14)4-8/h2-4,9,12H,5-7H2,1H3,(H2,16,18)/t9-,12-/m0/s1. The highest BCUT2D eigenvalue weighted by Crippen LogP contribution is 2.24. The average molecular weight is 287 g/mol. The van der Waals surface area contributed by atoms with Crippen molar-refractivity contribution in [2.45, 2.75) is 25.1 Å². The minimum atomic E-state index is -0.451. The van der Waals surface area contributed by atoms with E-state index in [-0.39, 0.29) is 23.1 Å². The number of rotatable bonds is 4. The van der Waals surface area contributed by atoms with Crippen molar-refractivity contribution >= 4 is 17.5 Å². The molecular weight excluding hydrogens is 271 g/mol. The molecule has 1 aromatic carbocycles. The van der Waals surface area contributed by atoms with E-state index >= 15 is 0 Å². The lowest BCUT2D eigenvalue weighted by Gasteiger charge is -2.21. The van der Waals surface area contributed by atoms with Crippen molar-refractivity contribution in [3.8, 4) is 0 Å². The summed E-state index contributed by atoms with van der Waals surface area (Å²) >= 11 is 5.74. The maximum Gasteiger partial charge on any atom is 0.234 e. The van der Waals surface area contributed by atoms with Crippen LogP contribution in [-0.2, 0) is 16.1 Å². The van der Waals surface area contributed by atoms with Gasteiger partial charge in [-0.05, 0) is 24.1 Å². The molecule has 0 aliphatic carbocycles. The molecule has 1 amide bonds. The summed E-state index contributed by atoms with van der Waals surface area (Å²) in [7, 11) is 1.61. The predicted molar refractivity (Wildman–Crippen MR) is 70.2 cm³/mol. The van der Waals surface area contributed by atoms with Crippen LogP contribution in [0.5, 0.6) is 0 Å². The Morgan fingerprint density at radius 1 is 1.63 bits per heavy atom. The second-order valence-electron chi connectivity index (χ2n) is 4.69. The van der Waals surface area contributed by atoms with Crippen molar-refractivity contribution in [1.82, 2.24) is 4.90 Å². The van der Waals surface area contributed by atoms with Gasteiger partial charge in [-0.3, -0.25) is 9.69 Å². The van der Waals surface area contributed by atoms with Crippen LogP contribution in [0.1, 0.15) is 12.0 Å². The molecular formula is C13H16ClFN2O2. The van der Waals surface area contributed by atoms with Gasteiger partial charge >= 0.3 is 0 Å². The molecule has 1 heterocycles. The third-order valence-corrected chi connectivity index (χ3v) is 3.69. The highest BCUT2D eigenvalue weighted by atomic mass is 35.5. The normalized spacial score (nSPS) is 23.7. The number of hydrogen-bond donors (Lipinski definition) is 1. The minimum Gasteiger partial charge on any atom is -0.380 e. The third kappa shape index (κ3) is 3.23. The number of amides is 1. The fraction of sp³-hybridized carbons (Fsp3) is 0.462. The van der Waals surface area contributed by atoms with E-state index in [9.17, 15) is 9.18 Å². The monoisotopic (exact) mass is 286 g/mol. The first-order chi connectivity index (χ1) is 9.01. The number of nitrogens with two attached hydrogens (primary N) is 1. The topological polar surface area (TPSA) is 55.6 Å². The zero-order chi connectivity index (χ0) is 14.0.